The lowest BCUT2D eigenvalue weighted by molar-refractivity contribution is -0.387. The van der Waals surface area contributed by atoms with Crippen LogP contribution in [0.1, 0.15) is 17.7 Å². The second-order valence-electron chi connectivity index (χ2n) is 2.60. The Morgan fingerprint density at radius 1 is 1.67 bits per heavy atom. The van der Waals surface area contributed by atoms with Crippen molar-refractivity contribution in [2.75, 3.05) is 0 Å². The summed E-state index contributed by atoms with van der Waals surface area (Å²) in [6.07, 6.45) is -2.94. The molecule has 0 unspecified atom stereocenters. The Bertz CT molecular complexity index is 400. The van der Waals surface area contributed by atoms with Crippen LogP contribution in [0.25, 0.3) is 0 Å². The van der Waals surface area contributed by atoms with E-state index in [9.17, 15) is 18.9 Å². The zero-order chi connectivity index (χ0) is 11.6. The summed E-state index contributed by atoms with van der Waals surface area (Å²) in [6, 6.07) is 0.938. The third-order valence-corrected chi connectivity index (χ3v) is 2.21. The highest BCUT2D eigenvalue weighted by Gasteiger charge is 2.26. The Morgan fingerprint density at radius 2 is 2.27 bits per heavy atom. The molecule has 0 radical (unpaired) electrons. The molecule has 0 spiro atoms. The van der Waals surface area contributed by atoms with Gasteiger partial charge in [-0.3, -0.25) is 10.1 Å². The van der Waals surface area contributed by atoms with Crippen LogP contribution in [0.2, 0.25) is 0 Å². The first-order valence-electron chi connectivity index (χ1n) is 3.79. The molecule has 1 aromatic heterocycles. The third-order valence-electron chi connectivity index (χ3n) is 1.66. The lowest BCUT2D eigenvalue weighted by atomic mass is 10.2. The zero-order valence-electron chi connectivity index (χ0n) is 7.28. The largest absolute Gasteiger partial charge is 0.325 e. The van der Waals surface area contributed by atoms with Crippen LogP contribution in [-0.2, 0) is 6.54 Å². The fraction of sp³-hybridized carbons (Fsp3) is 0.286. The van der Waals surface area contributed by atoms with Crippen molar-refractivity contribution < 1.29 is 13.7 Å². The fourth-order valence-electron chi connectivity index (χ4n) is 1.03. The predicted molar refractivity (Wildman–Crippen MR) is 51.4 cm³/mol. The Hall–Kier alpha value is -1.15. The van der Waals surface area contributed by atoms with E-state index in [4.69, 9.17) is 5.73 Å². The lowest BCUT2D eigenvalue weighted by Crippen LogP contribution is -2.05. The smallest absolute Gasteiger partial charge is 0.310 e. The van der Waals surface area contributed by atoms with Gasteiger partial charge in [-0.25, -0.2) is 13.8 Å². The summed E-state index contributed by atoms with van der Waals surface area (Å²) in [7, 11) is 0. The highest BCUT2D eigenvalue weighted by Crippen LogP contribution is 2.34. The molecule has 0 aliphatic rings. The van der Waals surface area contributed by atoms with E-state index in [1.807, 2.05) is 0 Å². The molecule has 0 saturated heterocycles. The van der Waals surface area contributed by atoms with Gasteiger partial charge < -0.3 is 5.73 Å². The van der Waals surface area contributed by atoms with E-state index >= 15 is 0 Å². The molecule has 82 valence electrons. The van der Waals surface area contributed by atoms with Gasteiger partial charge in [0.1, 0.15) is 5.56 Å². The van der Waals surface area contributed by atoms with Crippen LogP contribution in [0.15, 0.2) is 10.7 Å². The number of pyridine rings is 1. The minimum absolute atomic E-state index is 0.0592. The van der Waals surface area contributed by atoms with E-state index in [2.05, 4.69) is 20.9 Å². The predicted octanol–water partition coefficient (Wildman–Crippen LogP) is 2.15. The number of nitro groups is 1. The van der Waals surface area contributed by atoms with Crippen molar-refractivity contribution in [2.45, 2.75) is 13.0 Å². The molecular formula is C7H6BrF2N3O2. The van der Waals surface area contributed by atoms with E-state index < -0.39 is 22.6 Å². The van der Waals surface area contributed by atoms with Crippen molar-refractivity contribution in [2.24, 2.45) is 5.73 Å². The molecule has 0 fully saturated rings. The van der Waals surface area contributed by atoms with Crippen molar-refractivity contribution in [3.63, 3.8) is 0 Å². The first-order valence-corrected chi connectivity index (χ1v) is 4.58. The monoisotopic (exact) mass is 281 g/mol. The number of rotatable bonds is 3. The number of alkyl halides is 2. The van der Waals surface area contributed by atoms with Crippen LogP contribution in [0.4, 0.5) is 14.5 Å². The molecule has 0 aliphatic heterocycles. The quantitative estimate of drug-likeness (QED) is 0.523. The van der Waals surface area contributed by atoms with E-state index in [0.29, 0.717) is 0 Å². The molecule has 0 bridgehead atoms. The number of nitrogens with zero attached hydrogens (tertiary/aromatic N) is 2. The molecule has 1 heterocycles. The van der Waals surface area contributed by atoms with Crippen LogP contribution in [0, 0.1) is 10.1 Å². The van der Waals surface area contributed by atoms with E-state index in [-0.39, 0.29) is 16.8 Å². The van der Waals surface area contributed by atoms with Crippen LogP contribution in [0.3, 0.4) is 0 Å². The topological polar surface area (TPSA) is 82.0 Å². The minimum Gasteiger partial charge on any atom is -0.325 e. The summed E-state index contributed by atoms with van der Waals surface area (Å²) in [4.78, 5) is 13.3. The molecule has 15 heavy (non-hydrogen) atoms. The molecule has 5 nitrogen and oxygen atoms in total. The maximum Gasteiger partial charge on any atom is 0.310 e. The Kier molecular flexibility index (Phi) is 3.64. The summed E-state index contributed by atoms with van der Waals surface area (Å²) >= 11 is 2.77. The Labute approximate surface area is 91.6 Å². The molecule has 0 atom stereocenters. The van der Waals surface area contributed by atoms with E-state index in [1.165, 1.54) is 0 Å². The highest BCUT2D eigenvalue weighted by atomic mass is 79.9. The summed E-state index contributed by atoms with van der Waals surface area (Å²) in [5.41, 5.74) is 3.99. The van der Waals surface area contributed by atoms with Crippen LogP contribution >= 0.6 is 15.9 Å². The maximum absolute atomic E-state index is 12.5. The molecule has 2 N–H and O–H groups in total. The normalized spacial score (nSPS) is 10.7. The first kappa shape index (κ1) is 11.9. The molecule has 0 saturated carbocycles. The van der Waals surface area contributed by atoms with Crippen LogP contribution in [0.5, 0.6) is 0 Å². The highest BCUT2D eigenvalue weighted by molar-refractivity contribution is 9.10. The SMILES string of the molecule is NCc1cc(C(F)F)c([N+](=O)[O-])c(Br)n1. The molecule has 1 aromatic rings. The molecule has 0 aromatic carbocycles. The van der Waals surface area contributed by atoms with Gasteiger partial charge in [0.15, 0.2) is 4.60 Å². The molecule has 0 aliphatic carbocycles. The van der Waals surface area contributed by atoms with Crippen molar-refractivity contribution in [1.29, 1.82) is 0 Å². The van der Waals surface area contributed by atoms with E-state index in [1.54, 1.807) is 0 Å². The number of aromatic nitrogens is 1. The minimum atomic E-state index is -2.94. The summed E-state index contributed by atoms with van der Waals surface area (Å²) in [6.45, 7) is -0.0592. The van der Waals surface area contributed by atoms with Gasteiger partial charge in [-0.05, 0) is 22.0 Å². The van der Waals surface area contributed by atoms with Gasteiger partial charge in [0.05, 0.1) is 10.6 Å². The summed E-state index contributed by atoms with van der Waals surface area (Å²) in [5, 5.41) is 10.5. The Morgan fingerprint density at radius 3 is 2.67 bits per heavy atom. The van der Waals surface area contributed by atoms with Crippen molar-refractivity contribution in [3.8, 4) is 0 Å². The molecular weight excluding hydrogens is 276 g/mol. The average molecular weight is 282 g/mol. The van der Waals surface area contributed by atoms with Crippen molar-refractivity contribution in [1.82, 2.24) is 4.98 Å². The second kappa shape index (κ2) is 4.58. The Balaban J connectivity index is 3.42. The number of nitrogens with two attached hydrogens (primary N) is 1. The van der Waals surface area contributed by atoms with Crippen molar-refractivity contribution in [3.05, 3.63) is 32.0 Å². The average Bonchev–Trinajstić information content (AvgIpc) is 2.15. The first-order chi connectivity index (χ1) is 6.97. The van der Waals surface area contributed by atoms with Gasteiger partial charge >= 0.3 is 5.69 Å². The van der Waals surface area contributed by atoms with Crippen LogP contribution in [-0.4, -0.2) is 9.91 Å². The van der Waals surface area contributed by atoms with Gasteiger partial charge in [0.2, 0.25) is 0 Å². The van der Waals surface area contributed by atoms with Gasteiger partial charge in [-0.1, -0.05) is 0 Å². The van der Waals surface area contributed by atoms with E-state index in [0.717, 1.165) is 6.07 Å². The number of halogens is 3. The number of hydrogen-bond acceptors (Lipinski definition) is 4. The maximum atomic E-state index is 12.5. The van der Waals surface area contributed by atoms with Crippen molar-refractivity contribution >= 4 is 21.6 Å². The third kappa shape index (κ3) is 2.45. The summed E-state index contributed by atoms with van der Waals surface area (Å²) in [5.74, 6) is 0. The van der Waals surface area contributed by atoms with Crippen LogP contribution < -0.4 is 5.73 Å². The summed E-state index contributed by atoms with van der Waals surface area (Å²) < 4.78 is 24.7. The second-order valence-corrected chi connectivity index (χ2v) is 3.36. The number of hydrogen-bond donors (Lipinski definition) is 1. The van der Waals surface area contributed by atoms with Gasteiger partial charge in [-0.2, -0.15) is 0 Å². The standard InChI is InChI=1S/C7H6BrF2N3O2/c8-6-5(13(14)15)4(7(9)10)1-3(2-11)12-6/h1,7H,2,11H2. The fourth-order valence-corrected chi connectivity index (χ4v) is 1.63. The zero-order valence-corrected chi connectivity index (χ0v) is 8.87. The lowest BCUT2D eigenvalue weighted by Gasteiger charge is -2.05. The molecule has 8 heteroatoms. The molecule has 1 rings (SSSR count). The van der Waals surface area contributed by atoms with Gasteiger partial charge in [0.25, 0.3) is 6.43 Å². The molecule has 0 amide bonds. The van der Waals surface area contributed by atoms with Gasteiger partial charge in [0, 0.05) is 6.54 Å². The van der Waals surface area contributed by atoms with Gasteiger partial charge in [-0.15, -0.1) is 0 Å².